The Kier molecular flexibility index (Phi) is 4.92. The maximum Gasteiger partial charge on any atom is 0.270 e. The Bertz CT molecular complexity index is 970. The molecule has 0 saturated heterocycles. The summed E-state index contributed by atoms with van der Waals surface area (Å²) in [7, 11) is 0. The first-order valence-electron chi connectivity index (χ1n) is 7.45. The van der Waals surface area contributed by atoms with Crippen LogP contribution in [0.15, 0.2) is 88.2 Å². The highest BCUT2D eigenvalue weighted by molar-refractivity contribution is 6.44. The van der Waals surface area contributed by atoms with E-state index in [0.717, 1.165) is 5.06 Å². The molecule has 1 aliphatic carbocycles. The van der Waals surface area contributed by atoms with Crippen molar-refractivity contribution in [1.29, 1.82) is 0 Å². The lowest BCUT2D eigenvalue weighted by molar-refractivity contribution is -0.384. The molecule has 0 radical (unpaired) electrons. The van der Waals surface area contributed by atoms with Gasteiger partial charge < -0.3 is 0 Å². The van der Waals surface area contributed by atoms with Gasteiger partial charge in [-0.3, -0.25) is 20.1 Å². The van der Waals surface area contributed by atoms with Crippen molar-refractivity contribution in [1.82, 2.24) is 5.06 Å². The van der Waals surface area contributed by atoms with Gasteiger partial charge in [-0.15, -0.1) is 0 Å². The molecule has 7 nitrogen and oxygen atoms in total. The van der Waals surface area contributed by atoms with Crippen molar-refractivity contribution >= 4 is 28.9 Å². The van der Waals surface area contributed by atoms with Gasteiger partial charge in [0.2, 0.25) is 0 Å². The Morgan fingerprint density at radius 1 is 1.23 bits per heavy atom. The molecule has 8 heteroatoms. The van der Waals surface area contributed by atoms with Crippen LogP contribution in [-0.4, -0.2) is 26.8 Å². The second-order valence-electron chi connectivity index (χ2n) is 5.34. The van der Waals surface area contributed by atoms with E-state index < -0.39 is 4.92 Å². The van der Waals surface area contributed by atoms with E-state index in [1.54, 1.807) is 30.4 Å². The average Bonchev–Trinajstić information content (AvgIpc) is 2.63. The first kappa shape index (κ1) is 17.5. The number of non-ortho nitro benzene ring substituents is 1. The molecule has 0 atom stereocenters. The van der Waals surface area contributed by atoms with Gasteiger partial charge in [-0.1, -0.05) is 35.9 Å². The number of rotatable bonds is 3. The number of hydrogen-bond acceptors (Lipinski definition) is 6. The van der Waals surface area contributed by atoms with Crippen molar-refractivity contribution in [2.75, 3.05) is 0 Å². The smallest absolute Gasteiger partial charge is 0.270 e. The van der Waals surface area contributed by atoms with Crippen molar-refractivity contribution in [2.45, 2.75) is 0 Å². The van der Waals surface area contributed by atoms with Gasteiger partial charge in [-0.2, -0.15) is 0 Å². The lowest BCUT2D eigenvalue weighted by Gasteiger charge is -2.22. The van der Waals surface area contributed by atoms with Crippen molar-refractivity contribution in [3.63, 3.8) is 0 Å². The van der Waals surface area contributed by atoms with Crippen LogP contribution in [0.1, 0.15) is 5.56 Å². The summed E-state index contributed by atoms with van der Waals surface area (Å²) in [5, 5.41) is 22.3. The van der Waals surface area contributed by atoms with Crippen LogP contribution in [-0.2, 0) is 4.79 Å². The maximum absolute atomic E-state index is 11.3. The number of carbonyl (C=O) groups excluding carboxylic acids is 1. The van der Waals surface area contributed by atoms with E-state index in [1.165, 1.54) is 36.6 Å². The van der Waals surface area contributed by atoms with Crippen LogP contribution in [0.25, 0.3) is 0 Å². The standard InChI is InChI=1S/C18H12ClN3O4/c19-16-10-12(5-7-17(16)23)4-6-14-8-9-20-18(21(14)24)13-2-1-3-15(11-13)22(25)26/h1-11,24H/b12-4-,14-6+. The predicted octanol–water partition coefficient (Wildman–Crippen LogP) is 3.63. The van der Waals surface area contributed by atoms with E-state index in [-0.39, 0.29) is 22.3 Å². The summed E-state index contributed by atoms with van der Waals surface area (Å²) < 4.78 is 0. The molecule has 1 N–H and O–H groups in total. The van der Waals surface area contributed by atoms with Crippen molar-refractivity contribution in [2.24, 2.45) is 4.99 Å². The maximum atomic E-state index is 11.3. The summed E-state index contributed by atoms with van der Waals surface area (Å²) >= 11 is 5.81. The van der Waals surface area contributed by atoms with Crippen molar-refractivity contribution in [3.05, 3.63) is 98.9 Å². The first-order valence-corrected chi connectivity index (χ1v) is 7.83. The normalized spacial score (nSPS) is 19.8. The predicted molar refractivity (Wildman–Crippen MR) is 96.6 cm³/mol. The monoisotopic (exact) mass is 369 g/mol. The molecular formula is C18H12ClN3O4. The van der Waals surface area contributed by atoms with Gasteiger partial charge in [-0.05, 0) is 29.9 Å². The fourth-order valence-electron chi connectivity index (χ4n) is 2.32. The topological polar surface area (TPSA) is 96.0 Å². The van der Waals surface area contributed by atoms with E-state index in [1.807, 2.05) is 0 Å². The zero-order valence-electron chi connectivity index (χ0n) is 13.2. The summed E-state index contributed by atoms with van der Waals surface area (Å²) in [6.07, 6.45) is 10.8. The van der Waals surface area contributed by atoms with Gasteiger partial charge in [0.15, 0.2) is 11.6 Å². The summed E-state index contributed by atoms with van der Waals surface area (Å²) in [4.78, 5) is 25.8. The number of nitro groups is 1. The average molecular weight is 370 g/mol. The van der Waals surface area contributed by atoms with E-state index in [0.29, 0.717) is 16.8 Å². The molecule has 130 valence electrons. The molecule has 2 aliphatic rings. The Morgan fingerprint density at radius 2 is 2.04 bits per heavy atom. The van der Waals surface area contributed by atoms with Crippen molar-refractivity contribution in [3.8, 4) is 0 Å². The number of amidine groups is 1. The van der Waals surface area contributed by atoms with Gasteiger partial charge in [0.05, 0.1) is 15.7 Å². The highest BCUT2D eigenvalue weighted by Crippen LogP contribution is 2.21. The summed E-state index contributed by atoms with van der Waals surface area (Å²) in [5.41, 5.74) is 1.38. The minimum Gasteiger partial charge on any atom is -0.288 e. The minimum absolute atomic E-state index is 0.0995. The Labute approximate surface area is 153 Å². The highest BCUT2D eigenvalue weighted by atomic mass is 35.5. The molecule has 0 saturated carbocycles. The van der Waals surface area contributed by atoms with E-state index in [9.17, 15) is 20.1 Å². The fourth-order valence-corrected chi connectivity index (χ4v) is 2.50. The molecule has 1 heterocycles. The Hall–Kier alpha value is -3.29. The second-order valence-corrected chi connectivity index (χ2v) is 5.74. The lowest BCUT2D eigenvalue weighted by Crippen LogP contribution is -2.28. The van der Waals surface area contributed by atoms with Crippen LogP contribution in [0.4, 0.5) is 5.69 Å². The number of nitro benzene ring substituents is 1. The number of nitrogens with zero attached hydrogens (tertiary/aromatic N) is 3. The van der Waals surface area contributed by atoms with Crippen LogP contribution in [0, 0.1) is 10.1 Å². The lowest BCUT2D eigenvalue weighted by atomic mass is 10.1. The zero-order valence-corrected chi connectivity index (χ0v) is 14.0. The molecular weight excluding hydrogens is 358 g/mol. The van der Waals surface area contributed by atoms with Gasteiger partial charge >= 0.3 is 0 Å². The van der Waals surface area contributed by atoms with Crippen LogP contribution < -0.4 is 0 Å². The van der Waals surface area contributed by atoms with Gasteiger partial charge in [0, 0.05) is 23.9 Å². The van der Waals surface area contributed by atoms with Crippen LogP contribution in [0.3, 0.4) is 0 Å². The molecule has 0 spiro atoms. The number of hydrogen-bond donors (Lipinski definition) is 1. The number of carbonyl (C=O) groups is 1. The van der Waals surface area contributed by atoms with Crippen molar-refractivity contribution < 1.29 is 14.9 Å². The third-order valence-electron chi connectivity index (χ3n) is 3.60. The number of aliphatic imine (C=N–C) groups is 1. The SMILES string of the molecule is O=C1C=C/C(=C/C=C2\C=CN=C(c3cccc([N+](=O)[O-])c3)N2O)C=C1Cl. The number of benzene rings is 1. The molecule has 0 unspecified atom stereocenters. The van der Waals surface area contributed by atoms with Gasteiger partial charge in [0.25, 0.3) is 5.69 Å². The molecule has 1 aromatic rings. The first-order chi connectivity index (χ1) is 12.5. The van der Waals surface area contributed by atoms with Crippen LogP contribution in [0.5, 0.6) is 0 Å². The molecule has 0 aromatic heterocycles. The molecule has 1 aromatic carbocycles. The molecule has 0 amide bonds. The summed E-state index contributed by atoms with van der Waals surface area (Å²) in [5.74, 6) is -0.110. The molecule has 26 heavy (non-hydrogen) atoms. The Balaban J connectivity index is 1.88. The quantitative estimate of drug-likeness (QED) is 0.648. The molecule has 0 bridgehead atoms. The second kappa shape index (κ2) is 7.30. The number of ketones is 1. The summed E-state index contributed by atoms with van der Waals surface area (Å²) in [6, 6.07) is 5.82. The summed E-state index contributed by atoms with van der Waals surface area (Å²) in [6.45, 7) is 0. The van der Waals surface area contributed by atoms with E-state index in [2.05, 4.69) is 4.99 Å². The third-order valence-corrected chi connectivity index (χ3v) is 3.90. The van der Waals surface area contributed by atoms with Gasteiger partial charge in [-0.25, -0.2) is 10.1 Å². The highest BCUT2D eigenvalue weighted by Gasteiger charge is 2.19. The number of halogens is 1. The molecule has 0 fully saturated rings. The van der Waals surface area contributed by atoms with Crippen LogP contribution >= 0.6 is 11.6 Å². The van der Waals surface area contributed by atoms with E-state index >= 15 is 0 Å². The number of hydroxylamine groups is 2. The molecule has 3 rings (SSSR count). The number of allylic oxidation sites excluding steroid dienone is 8. The van der Waals surface area contributed by atoms with E-state index in [4.69, 9.17) is 11.6 Å². The van der Waals surface area contributed by atoms with Gasteiger partial charge in [0.1, 0.15) is 0 Å². The fraction of sp³-hybridized carbons (Fsp3) is 0. The minimum atomic E-state index is -0.515. The Morgan fingerprint density at radius 3 is 2.77 bits per heavy atom. The van der Waals surface area contributed by atoms with Crippen LogP contribution in [0.2, 0.25) is 0 Å². The largest absolute Gasteiger partial charge is 0.288 e. The molecule has 1 aliphatic heterocycles. The third kappa shape index (κ3) is 3.69. The zero-order chi connectivity index (χ0) is 18.7.